The number of thiocarbonyl (C=S) groups is 1. The van der Waals surface area contributed by atoms with E-state index in [9.17, 15) is 14.0 Å². The molecule has 0 spiro atoms. The van der Waals surface area contributed by atoms with Gasteiger partial charge in [0.25, 0.3) is 11.8 Å². The first-order chi connectivity index (χ1) is 14.7. The smallest absolute Gasteiger partial charge is 0.270 e. The number of halogens is 4. The quantitative estimate of drug-likeness (QED) is 0.252. The van der Waals surface area contributed by atoms with Crippen LogP contribution in [-0.2, 0) is 9.59 Å². The summed E-state index contributed by atoms with van der Waals surface area (Å²) < 4.78 is 20.0. The van der Waals surface area contributed by atoms with E-state index in [1.165, 1.54) is 18.2 Å². The number of hydrogen-bond acceptors (Lipinski definition) is 4. The van der Waals surface area contributed by atoms with E-state index in [-0.39, 0.29) is 27.2 Å². The number of nitrogens with one attached hydrogen (secondary N) is 1. The van der Waals surface area contributed by atoms with E-state index in [2.05, 4.69) is 21.2 Å². The van der Waals surface area contributed by atoms with E-state index in [0.29, 0.717) is 10.8 Å². The molecule has 2 amide bonds. The Morgan fingerprint density at radius 1 is 1.06 bits per heavy atom. The molecule has 31 heavy (non-hydrogen) atoms. The fourth-order valence-corrected chi connectivity index (χ4v) is 3.78. The summed E-state index contributed by atoms with van der Waals surface area (Å²) in [6, 6.07) is 12.3. The van der Waals surface area contributed by atoms with Gasteiger partial charge in [-0.25, -0.2) is 4.39 Å². The van der Waals surface area contributed by atoms with Crippen molar-refractivity contribution in [3.05, 3.63) is 80.2 Å². The van der Waals surface area contributed by atoms with Crippen LogP contribution in [0.1, 0.15) is 5.76 Å². The monoisotopic (exact) mass is 538 g/mol. The molecule has 1 saturated heterocycles. The van der Waals surface area contributed by atoms with Crippen LogP contribution in [0.5, 0.6) is 0 Å². The van der Waals surface area contributed by atoms with Crippen LogP contribution in [0.3, 0.4) is 0 Å². The molecule has 0 saturated carbocycles. The van der Waals surface area contributed by atoms with E-state index in [0.717, 1.165) is 21.0 Å². The molecular formula is C21H10BrCl2FN2O3S. The maximum Gasteiger partial charge on any atom is 0.270 e. The molecule has 156 valence electrons. The van der Waals surface area contributed by atoms with Gasteiger partial charge in [-0.3, -0.25) is 19.8 Å². The van der Waals surface area contributed by atoms with Crippen molar-refractivity contribution >= 4 is 80.0 Å². The Morgan fingerprint density at radius 2 is 1.84 bits per heavy atom. The molecule has 1 aliphatic heterocycles. The van der Waals surface area contributed by atoms with E-state index >= 15 is 0 Å². The minimum absolute atomic E-state index is 0.139. The summed E-state index contributed by atoms with van der Waals surface area (Å²) in [6.07, 6.45) is 1.31. The van der Waals surface area contributed by atoms with Crippen molar-refractivity contribution in [3.63, 3.8) is 0 Å². The summed E-state index contributed by atoms with van der Waals surface area (Å²) in [5.41, 5.74) is 0.738. The predicted molar refractivity (Wildman–Crippen MR) is 124 cm³/mol. The van der Waals surface area contributed by atoms with Crippen molar-refractivity contribution in [2.24, 2.45) is 0 Å². The highest BCUT2D eigenvalue weighted by molar-refractivity contribution is 9.10. The van der Waals surface area contributed by atoms with Crippen molar-refractivity contribution in [3.8, 4) is 11.3 Å². The summed E-state index contributed by atoms with van der Waals surface area (Å²) in [6.45, 7) is 0. The van der Waals surface area contributed by atoms with Gasteiger partial charge in [-0.15, -0.1) is 0 Å². The lowest BCUT2D eigenvalue weighted by molar-refractivity contribution is -0.122. The molecule has 2 aromatic carbocycles. The zero-order valence-electron chi connectivity index (χ0n) is 15.3. The molecular weight excluding hydrogens is 530 g/mol. The molecule has 0 radical (unpaired) electrons. The van der Waals surface area contributed by atoms with Crippen LogP contribution in [-0.4, -0.2) is 16.9 Å². The van der Waals surface area contributed by atoms with Gasteiger partial charge in [0.2, 0.25) is 0 Å². The van der Waals surface area contributed by atoms with Gasteiger partial charge in [0.15, 0.2) is 5.11 Å². The van der Waals surface area contributed by atoms with Crippen LogP contribution in [0.4, 0.5) is 10.1 Å². The van der Waals surface area contributed by atoms with Crippen molar-refractivity contribution in [2.45, 2.75) is 0 Å². The maximum atomic E-state index is 13.5. The number of anilines is 1. The number of amides is 2. The van der Waals surface area contributed by atoms with Gasteiger partial charge in [-0.05, 0) is 76.7 Å². The average Bonchev–Trinajstić information content (AvgIpc) is 3.18. The fourth-order valence-electron chi connectivity index (χ4n) is 2.89. The second-order valence-electron chi connectivity index (χ2n) is 6.39. The first kappa shape index (κ1) is 21.7. The molecule has 0 unspecified atom stereocenters. The number of hydrogen-bond donors (Lipinski definition) is 1. The molecule has 0 atom stereocenters. The molecule has 0 bridgehead atoms. The molecule has 4 rings (SSSR count). The zero-order chi connectivity index (χ0) is 22.3. The van der Waals surface area contributed by atoms with Crippen molar-refractivity contribution in [1.82, 2.24) is 5.32 Å². The minimum Gasteiger partial charge on any atom is -0.457 e. The maximum absolute atomic E-state index is 13.5. The Balaban J connectivity index is 1.68. The number of carbonyl (C=O) groups is 2. The predicted octanol–water partition coefficient (Wildman–Crippen LogP) is 5.99. The van der Waals surface area contributed by atoms with E-state index < -0.39 is 17.6 Å². The Kier molecular flexibility index (Phi) is 5.98. The van der Waals surface area contributed by atoms with Crippen molar-refractivity contribution in [2.75, 3.05) is 4.90 Å². The molecule has 3 aromatic rings. The zero-order valence-corrected chi connectivity index (χ0v) is 19.2. The van der Waals surface area contributed by atoms with Crippen molar-refractivity contribution < 1.29 is 18.4 Å². The Morgan fingerprint density at radius 3 is 2.55 bits per heavy atom. The van der Waals surface area contributed by atoms with E-state index in [4.69, 9.17) is 39.8 Å². The highest BCUT2D eigenvalue weighted by Gasteiger charge is 2.35. The molecule has 0 aliphatic carbocycles. The van der Waals surface area contributed by atoms with Gasteiger partial charge in [-0.2, -0.15) is 0 Å². The van der Waals surface area contributed by atoms with Crippen LogP contribution >= 0.6 is 51.3 Å². The van der Waals surface area contributed by atoms with Gasteiger partial charge in [0, 0.05) is 10.0 Å². The number of furan rings is 1. The first-order valence-electron chi connectivity index (χ1n) is 8.66. The van der Waals surface area contributed by atoms with Gasteiger partial charge >= 0.3 is 0 Å². The third-order valence-corrected chi connectivity index (χ3v) is 6.19. The summed E-state index contributed by atoms with van der Waals surface area (Å²) in [5, 5.41) is 2.63. The molecule has 10 heteroatoms. The Labute approximate surface area is 199 Å². The van der Waals surface area contributed by atoms with Crippen LogP contribution in [0.15, 0.2) is 63.0 Å². The highest BCUT2D eigenvalue weighted by Crippen LogP contribution is 2.31. The van der Waals surface area contributed by atoms with Crippen LogP contribution in [0.25, 0.3) is 17.4 Å². The van der Waals surface area contributed by atoms with Crippen LogP contribution in [0, 0.1) is 5.82 Å². The first-order valence-corrected chi connectivity index (χ1v) is 10.6. The molecule has 1 aliphatic rings. The third-order valence-electron chi connectivity index (χ3n) is 4.38. The number of carbonyl (C=O) groups excluding carboxylic acids is 2. The minimum atomic E-state index is -0.693. The largest absolute Gasteiger partial charge is 0.457 e. The Hall–Kier alpha value is -2.52. The lowest BCUT2D eigenvalue weighted by Crippen LogP contribution is -2.54. The van der Waals surface area contributed by atoms with Gasteiger partial charge < -0.3 is 4.42 Å². The molecule has 1 N–H and O–H groups in total. The summed E-state index contributed by atoms with van der Waals surface area (Å²) in [5.74, 6) is -1.23. The molecule has 2 heterocycles. The van der Waals surface area contributed by atoms with E-state index in [1.807, 2.05) is 6.07 Å². The van der Waals surface area contributed by atoms with Gasteiger partial charge in [-0.1, -0.05) is 29.3 Å². The lowest BCUT2D eigenvalue weighted by atomic mass is 10.1. The van der Waals surface area contributed by atoms with Crippen LogP contribution < -0.4 is 10.2 Å². The molecule has 1 aromatic heterocycles. The summed E-state index contributed by atoms with van der Waals surface area (Å²) >= 11 is 20.4. The van der Waals surface area contributed by atoms with Gasteiger partial charge in [0.1, 0.15) is 22.9 Å². The molecule has 5 nitrogen and oxygen atoms in total. The normalized spacial score (nSPS) is 15.5. The Bertz CT molecular complexity index is 1290. The second kappa shape index (κ2) is 8.55. The second-order valence-corrected chi connectivity index (χ2v) is 8.44. The topological polar surface area (TPSA) is 62.6 Å². The van der Waals surface area contributed by atoms with Gasteiger partial charge in [0.05, 0.1) is 15.7 Å². The number of benzene rings is 2. The molecule has 1 fully saturated rings. The number of rotatable bonds is 3. The number of nitrogens with zero attached hydrogens (tertiary/aromatic N) is 1. The average molecular weight is 540 g/mol. The van der Waals surface area contributed by atoms with E-state index in [1.54, 1.807) is 24.3 Å². The summed E-state index contributed by atoms with van der Waals surface area (Å²) in [7, 11) is 0. The lowest BCUT2D eigenvalue weighted by Gasteiger charge is -2.28. The van der Waals surface area contributed by atoms with Crippen LogP contribution in [0.2, 0.25) is 10.0 Å². The standard InChI is InChI=1S/C21H10BrCl2FN2O3S/c22-14-4-1-10(7-15(14)23)18-6-3-12(30-18)9-13-19(28)26-21(31)27(20(13)29)11-2-5-17(25)16(24)8-11/h1-9H,(H,26,28,31)/b13-9+. The SMILES string of the molecule is O=C1NC(=S)N(c2ccc(F)c(Cl)c2)C(=O)/C1=C/c1ccc(-c2ccc(Br)c(Cl)c2)o1. The third kappa shape index (κ3) is 4.29. The van der Waals surface area contributed by atoms with Crippen molar-refractivity contribution in [1.29, 1.82) is 0 Å². The fraction of sp³-hybridized carbons (Fsp3) is 0. The summed E-state index contributed by atoms with van der Waals surface area (Å²) in [4.78, 5) is 26.5. The highest BCUT2D eigenvalue weighted by atomic mass is 79.9.